The van der Waals surface area contributed by atoms with Crippen LogP contribution in [0.3, 0.4) is 0 Å². The number of aliphatic imine (C=N–C) groups is 2. The molecule has 4 rings (SSSR count). The smallest absolute Gasteiger partial charge is 0.289 e. The van der Waals surface area contributed by atoms with Crippen molar-refractivity contribution in [3.05, 3.63) is 17.5 Å². The van der Waals surface area contributed by atoms with Gasteiger partial charge in [-0.2, -0.15) is 10.1 Å². The van der Waals surface area contributed by atoms with Crippen molar-refractivity contribution < 1.29 is 14.0 Å². The van der Waals surface area contributed by atoms with Crippen LogP contribution in [0.4, 0.5) is 4.39 Å². The summed E-state index contributed by atoms with van der Waals surface area (Å²) in [5.74, 6) is 0.0511. The minimum atomic E-state index is -1.73. The summed E-state index contributed by atoms with van der Waals surface area (Å²) in [6.45, 7) is 6.03. The SMILES string of the molecule is CC1=NC(N2CC3CN(C(=O)c4cc(C)n(C)n4)CC3C2)=NC(=O)C1F. The predicted octanol–water partition coefficient (Wildman–Crippen LogP) is 0.428. The Labute approximate surface area is 150 Å². The number of hydrogen-bond donors (Lipinski definition) is 0. The van der Waals surface area contributed by atoms with Crippen LogP contribution in [0.15, 0.2) is 16.1 Å². The highest BCUT2D eigenvalue weighted by Crippen LogP contribution is 2.32. The Kier molecular flexibility index (Phi) is 3.89. The van der Waals surface area contributed by atoms with E-state index in [-0.39, 0.29) is 11.6 Å². The molecule has 9 heteroatoms. The van der Waals surface area contributed by atoms with Gasteiger partial charge in [0, 0.05) is 50.8 Å². The average molecular weight is 360 g/mol. The van der Waals surface area contributed by atoms with Crippen LogP contribution in [0, 0.1) is 18.8 Å². The van der Waals surface area contributed by atoms with E-state index < -0.39 is 12.1 Å². The van der Waals surface area contributed by atoms with Gasteiger partial charge in [0.25, 0.3) is 11.8 Å². The fraction of sp³-hybridized carbons (Fsp3) is 0.588. The molecule has 2 amide bonds. The first-order valence-corrected chi connectivity index (χ1v) is 8.70. The van der Waals surface area contributed by atoms with Crippen molar-refractivity contribution in [3.63, 3.8) is 0 Å². The number of likely N-dealkylation sites (tertiary alicyclic amines) is 2. The summed E-state index contributed by atoms with van der Waals surface area (Å²) in [6.07, 6.45) is -1.73. The number of hydrogen-bond acceptors (Lipinski definition) is 5. The molecule has 0 radical (unpaired) electrons. The summed E-state index contributed by atoms with van der Waals surface area (Å²) in [5.41, 5.74) is 1.57. The number of carbonyl (C=O) groups is 2. The minimum Gasteiger partial charge on any atom is -0.340 e. The molecule has 2 saturated heterocycles. The molecule has 1 aromatic rings. The van der Waals surface area contributed by atoms with E-state index in [9.17, 15) is 14.0 Å². The van der Waals surface area contributed by atoms with E-state index in [0.717, 1.165) is 5.69 Å². The monoisotopic (exact) mass is 360 g/mol. The third-order valence-corrected chi connectivity index (χ3v) is 5.46. The number of nitrogens with zero attached hydrogens (tertiary/aromatic N) is 6. The highest BCUT2D eigenvalue weighted by Gasteiger charge is 2.43. The van der Waals surface area contributed by atoms with Gasteiger partial charge in [-0.3, -0.25) is 14.3 Å². The van der Waals surface area contributed by atoms with Gasteiger partial charge < -0.3 is 9.80 Å². The summed E-state index contributed by atoms with van der Waals surface area (Å²) in [6, 6.07) is 1.80. The molecule has 2 fully saturated rings. The first kappa shape index (κ1) is 16.9. The second-order valence-electron chi connectivity index (χ2n) is 7.30. The number of aryl methyl sites for hydroxylation is 2. The molecule has 4 heterocycles. The van der Waals surface area contributed by atoms with Crippen LogP contribution >= 0.6 is 0 Å². The quantitative estimate of drug-likeness (QED) is 0.727. The highest BCUT2D eigenvalue weighted by molar-refractivity contribution is 6.16. The Hall–Kier alpha value is -2.58. The van der Waals surface area contributed by atoms with Gasteiger partial charge in [-0.1, -0.05) is 0 Å². The van der Waals surface area contributed by atoms with Crippen molar-refractivity contribution in [2.45, 2.75) is 20.0 Å². The molecule has 1 aromatic heterocycles. The third kappa shape index (κ3) is 2.71. The van der Waals surface area contributed by atoms with E-state index in [1.165, 1.54) is 6.92 Å². The van der Waals surface area contributed by atoms with Crippen LogP contribution in [0.25, 0.3) is 0 Å². The van der Waals surface area contributed by atoms with Crippen molar-refractivity contribution in [3.8, 4) is 0 Å². The molecule has 138 valence electrons. The summed E-state index contributed by atoms with van der Waals surface area (Å²) in [7, 11) is 1.82. The number of rotatable bonds is 1. The van der Waals surface area contributed by atoms with Crippen LogP contribution in [0.1, 0.15) is 23.1 Å². The molecule has 0 saturated carbocycles. The van der Waals surface area contributed by atoms with Crippen LogP contribution in [0.2, 0.25) is 0 Å². The summed E-state index contributed by atoms with van der Waals surface area (Å²) in [5, 5.41) is 4.27. The molecule has 0 aliphatic carbocycles. The minimum absolute atomic E-state index is 0.0472. The first-order chi connectivity index (χ1) is 12.3. The standard InChI is InChI=1S/C17H21FN6O2/c1-9-4-13(21-22(9)3)16(26)23-5-11-7-24(8-12(11)6-23)17-19-10(2)14(18)15(25)20-17/h4,11-12,14H,5-8H2,1-3H3. The predicted molar refractivity (Wildman–Crippen MR) is 92.8 cm³/mol. The maximum atomic E-state index is 13.5. The molecule has 0 aromatic carbocycles. The summed E-state index contributed by atoms with van der Waals surface area (Å²) in [4.78, 5) is 36.0. The van der Waals surface area contributed by atoms with Crippen molar-refractivity contribution in [1.82, 2.24) is 19.6 Å². The van der Waals surface area contributed by atoms with E-state index in [0.29, 0.717) is 49.7 Å². The first-order valence-electron chi connectivity index (χ1n) is 8.70. The number of guanidine groups is 1. The van der Waals surface area contributed by atoms with E-state index in [1.807, 2.05) is 23.8 Å². The van der Waals surface area contributed by atoms with Crippen LogP contribution in [-0.4, -0.2) is 75.4 Å². The highest BCUT2D eigenvalue weighted by atomic mass is 19.1. The molecule has 3 aliphatic heterocycles. The van der Waals surface area contributed by atoms with Gasteiger partial charge in [-0.25, -0.2) is 9.38 Å². The zero-order valence-corrected chi connectivity index (χ0v) is 15.0. The number of halogens is 1. The number of aromatic nitrogens is 2. The van der Waals surface area contributed by atoms with Gasteiger partial charge in [0.15, 0.2) is 5.69 Å². The summed E-state index contributed by atoms with van der Waals surface area (Å²) >= 11 is 0. The Morgan fingerprint density at radius 2 is 1.81 bits per heavy atom. The lowest BCUT2D eigenvalue weighted by atomic mass is 10.0. The Balaban J connectivity index is 1.42. The number of carbonyl (C=O) groups excluding carboxylic acids is 2. The van der Waals surface area contributed by atoms with E-state index in [4.69, 9.17) is 0 Å². The van der Waals surface area contributed by atoms with Gasteiger partial charge in [0.2, 0.25) is 12.1 Å². The van der Waals surface area contributed by atoms with Crippen LogP contribution in [-0.2, 0) is 11.8 Å². The molecular formula is C17H21FN6O2. The fourth-order valence-electron chi connectivity index (χ4n) is 3.86. The second-order valence-corrected chi connectivity index (χ2v) is 7.30. The molecule has 0 bridgehead atoms. The molecule has 3 aliphatic rings. The largest absolute Gasteiger partial charge is 0.340 e. The number of amides is 2. The van der Waals surface area contributed by atoms with Crippen molar-refractivity contribution in [2.75, 3.05) is 26.2 Å². The zero-order chi connectivity index (χ0) is 18.6. The number of alkyl halides is 1. The molecule has 0 N–H and O–H groups in total. The van der Waals surface area contributed by atoms with E-state index in [1.54, 1.807) is 10.7 Å². The van der Waals surface area contributed by atoms with Crippen molar-refractivity contribution >= 4 is 23.5 Å². The van der Waals surface area contributed by atoms with Crippen LogP contribution in [0.5, 0.6) is 0 Å². The lowest BCUT2D eigenvalue weighted by Crippen LogP contribution is -2.38. The lowest BCUT2D eigenvalue weighted by Gasteiger charge is -2.23. The average Bonchev–Trinajstić information content (AvgIpc) is 3.25. The molecule has 8 nitrogen and oxygen atoms in total. The maximum absolute atomic E-state index is 13.5. The molecule has 26 heavy (non-hydrogen) atoms. The Bertz CT molecular complexity index is 811. The van der Waals surface area contributed by atoms with Crippen LogP contribution < -0.4 is 0 Å². The third-order valence-electron chi connectivity index (χ3n) is 5.46. The van der Waals surface area contributed by atoms with Gasteiger partial charge in [0.05, 0.1) is 5.71 Å². The fourth-order valence-corrected chi connectivity index (χ4v) is 3.86. The Morgan fingerprint density at radius 1 is 1.15 bits per heavy atom. The van der Waals surface area contributed by atoms with E-state index >= 15 is 0 Å². The van der Waals surface area contributed by atoms with E-state index in [2.05, 4.69) is 15.1 Å². The molecule has 0 spiro atoms. The molecule has 3 atom stereocenters. The normalized spacial score (nSPS) is 28.3. The Morgan fingerprint density at radius 3 is 2.35 bits per heavy atom. The topological polar surface area (TPSA) is 83.2 Å². The second kappa shape index (κ2) is 6.00. The molecule has 3 unspecified atom stereocenters. The maximum Gasteiger partial charge on any atom is 0.289 e. The van der Waals surface area contributed by atoms with Gasteiger partial charge in [0.1, 0.15) is 0 Å². The zero-order valence-electron chi connectivity index (χ0n) is 15.0. The van der Waals surface area contributed by atoms with Crippen molar-refractivity contribution in [1.29, 1.82) is 0 Å². The lowest BCUT2D eigenvalue weighted by molar-refractivity contribution is -0.120. The van der Waals surface area contributed by atoms with Gasteiger partial charge in [-0.05, 0) is 19.9 Å². The van der Waals surface area contributed by atoms with Gasteiger partial charge >= 0.3 is 0 Å². The molecular weight excluding hydrogens is 339 g/mol. The number of fused-ring (bicyclic) bond motifs is 1. The van der Waals surface area contributed by atoms with Gasteiger partial charge in [-0.15, -0.1) is 0 Å². The van der Waals surface area contributed by atoms with Crippen molar-refractivity contribution in [2.24, 2.45) is 28.9 Å². The summed E-state index contributed by atoms with van der Waals surface area (Å²) < 4.78 is 15.2.